The first-order valence-corrected chi connectivity index (χ1v) is 5.38. The van der Waals surface area contributed by atoms with Crippen LogP contribution in [0.1, 0.15) is 0 Å². The van der Waals surface area contributed by atoms with Crippen LogP contribution in [0, 0.1) is 0 Å². The average molecular weight is 222 g/mol. The Kier molecular flexibility index (Phi) is 3.45. The van der Waals surface area contributed by atoms with Gasteiger partial charge in [-0.25, -0.2) is 4.98 Å². The van der Waals surface area contributed by atoms with Gasteiger partial charge in [-0.3, -0.25) is 4.57 Å². The van der Waals surface area contributed by atoms with Crippen LogP contribution < -0.4 is 5.30 Å². The second kappa shape index (κ2) is 4.20. The van der Waals surface area contributed by atoms with Gasteiger partial charge in [-0.05, 0) is 12.1 Å². The zero-order valence-corrected chi connectivity index (χ0v) is 8.88. The normalized spacial score (nSPS) is 11.6. The van der Waals surface area contributed by atoms with Crippen molar-refractivity contribution in [1.82, 2.24) is 4.98 Å². The van der Waals surface area contributed by atoms with Crippen molar-refractivity contribution in [2.24, 2.45) is 0 Å². The van der Waals surface area contributed by atoms with Gasteiger partial charge < -0.3 is 9.05 Å². The lowest BCUT2D eigenvalue weighted by Crippen LogP contribution is -2.07. The van der Waals surface area contributed by atoms with Crippen molar-refractivity contribution in [3.05, 3.63) is 23.5 Å². The van der Waals surface area contributed by atoms with E-state index in [0.29, 0.717) is 5.30 Å². The monoisotopic (exact) mass is 221 g/mol. The Labute approximate surface area is 81.4 Å². The van der Waals surface area contributed by atoms with E-state index in [1.807, 2.05) is 0 Å². The van der Waals surface area contributed by atoms with Gasteiger partial charge >= 0.3 is 7.60 Å². The standard InChI is InChI=1S/C7H9ClNO3P/c1-11-13(10,12-2)6-3-4-9-7(8)5-6/h3-5H,1-2H3. The summed E-state index contributed by atoms with van der Waals surface area (Å²) in [4.78, 5) is 3.76. The smallest absolute Gasteiger partial charge is 0.309 e. The van der Waals surface area contributed by atoms with Gasteiger partial charge in [-0.15, -0.1) is 0 Å². The fourth-order valence-corrected chi connectivity index (χ4v) is 2.20. The second-order valence-electron chi connectivity index (χ2n) is 2.20. The maximum atomic E-state index is 11.8. The third-order valence-electron chi connectivity index (χ3n) is 1.51. The molecule has 0 spiro atoms. The van der Waals surface area contributed by atoms with Crippen LogP contribution in [0.25, 0.3) is 0 Å². The summed E-state index contributed by atoms with van der Waals surface area (Å²) in [5.74, 6) is 0. The molecule has 0 N–H and O–H groups in total. The van der Waals surface area contributed by atoms with Crippen LogP contribution in [0.3, 0.4) is 0 Å². The molecule has 0 amide bonds. The first-order valence-electron chi connectivity index (χ1n) is 3.46. The van der Waals surface area contributed by atoms with Crippen molar-refractivity contribution >= 4 is 24.5 Å². The first kappa shape index (κ1) is 10.7. The van der Waals surface area contributed by atoms with Gasteiger partial charge in [0.2, 0.25) is 0 Å². The van der Waals surface area contributed by atoms with Crippen molar-refractivity contribution in [1.29, 1.82) is 0 Å². The maximum absolute atomic E-state index is 11.8. The largest absolute Gasteiger partial charge is 0.360 e. The van der Waals surface area contributed by atoms with Gasteiger partial charge in [0.15, 0.2) is 0 Å². The van der Waals surface area contributed by atoms with Crippen LogP contribution in [-0.2, 0) is 13.6 Å². The predicted octanol–water partition coefficient (Wildman–Crippen LogP) is 1.85. The Morgan fingerprint density at radius 3 is 2.54 bits per heavy atom. The minimum Gasteiger partial charge on any atom is -0.309 e. The summed E-state index contributed by atoms with van der Waals surface area (Å²) in [6.45, 7) is 0. The van der Waals surface area contributed by atoms with Gasteiger partial charge in [-0.2, -0.15) is 0 Å². The number of nitrogens with zero attached hydrogens (tertiary/aromatic N) is 1. The lowest BCUT2D eigenvalue weighted by molar-refractivity contribution is 0.287. The molecule has 0 aromatic carbocycles. The van der Waals surface area contributed by atoms with Crippen LogP contribution in [-0.4, -0.2) is 19.2 Å². The highest BCUT2D eigenvalue weighted by Crippen LogP contribution is 2.44. The second-order valence-corrected chi connectivity index (χ2v) is 4.83. The number of pyridine rings is 1. The Morgan fingerprint density at radius 2 is 2.08 bits per heavy atom. The van der Waals surface area contributed by atoms with Gasteiger partial charge in [0.1, 0.15) is 5.15 Å². The molecule has 0 atom stereocenters. The molecule has 6 heteroatoms. The molecule has 0 aliphatic carbocycles. The molecule has 0 aliphatic rings. The van der Waals surface area contributed by atoms with E-state index in [2.05, 4.69) is 4.98 Å². The highest BCUT2D eigenvalue weighted by Gasteiger charge is 2.24. The van der Waals surface area contributed by atoms with Crippen molar-refractivity contribution < 1.29 is 13.6 Å². The molecule has 1 aromatic heterocycles. The Bertz CT molecular complexity index is 336. The SMILES string of the molecule is COP(=O)(OC)c1ccnc(Cl)c1. The first-order chi connectivity index (χ1) is 6.12. The zero-order chi connectivity index (χ0) is 9.90. The summed E-state index contributed by atoms with van der Waals surface area (Å²) in [7, 11) is -0.549. The molecule has 4 nitrogen and oxygen atoms in total. The highest BCUT2D eigenvalue weighted by molar-refractivity contribution is 7.62. The zero-order valence-electron chi connectivity index (χ0n) is 7.23. The summed E-state index contributed by atoms with van der Waals surface area (Å²) in [6.07, 6.45) is 1.45. The van der Waals surface area contributed by atoms with E-state index in [-0.39, 0.29) is 5.15 Å². The Morgan fingerprint density at radius 1 is 1.46 bits per heavy atom. The van der Waals surface area contributed by atoms with E-state index >= 15 is 0 Å². The summed E-state index contributed by atoms with van der Waals surface area (Å²) >= 11 is 5.62. The minimum absolute atomic E-state index is 0.256. The third-order valence-corrected chi connectivity index (χ3v) is 3.59. The molecular formula is C7H9ClNO3P. The molecule has 0 fully saturated rings. The van der Waals surface area contributed by atoms with Crippen LogP contribution in [0.5, 0.6) is 0 Å². The fraction of sp³-hybridized carbons (Fsp3) is 0.286. The van der Waals surface area contributed by atoms with E-state index in [4.69, 9.17) is 20.6 Å². The number of halogens is 1. The summed E-state index contributed by atoms with van der Waals surface area (Å²) in [5, 5.41) is 0.657. The summed E-state index contributed by atoms with van der Waals surface area (Å²) in [6, 6.07) is 3.00. The maximum Gasteiger partial charge on any atom is 0.360 e. The summed E-state index contributed by atoms with van der Waals surface area (Å²) in [5.41, 5.74) is 0. The summed E-state index contributed by atoms with van der Waals surface area (Å²) < 4.78 is 21.3. The molecule has 1 aromatic rings. The van der Waals surface area contributed by atoms with E-state index < -0.39 is 7.60 Å². The van der Waals surface area contributed by atoms with Crippen molar-refractivity contribution in [3.63, 3.8) is 0 Å². The molecule has 0 radical (unpaired) electrons. The lowest BCUT2D eigenvalue weighted by atomic mass is 10.5. The number of hydrogen-bond donors (Lipinski definition) is 0. The van der Waals surface area contributed by atoms with E-state index in [9.17, 15) is 4.57 Å². The fourth-order valence-electron chi connectivity index (χ4n) is 0.848. The molecule has 0 saturated heterocycles. The van der Waals surface area contributed by atoms with Crippen LogP contribution >= 0.6 is 19.2 Å². The number of rotatable bonds is 3. The average Bonchev–Trinajstić information content (AvgIpc) is 2.17. The molecule has 72 valence electrons. The van der Waals surface area contributed by atoms with Crippen molar-refractivity contribution in [2.75, 3.05) is 14.2 Å². The molecule has 0 aliphatic heterocycles. The van der Waals surface area contributed by atoms with Gasteiger partial charge in [0.25, 0.3) is 0 Å². The molecule has 13 heavy (non-hydrogen) atoms. The number of hydrogen-bond acceptors (Lipinski definition) is 4. The molecule has 0 bridgehead atoms. The topological polar surface area (TPSA) is 48.4 Å². The van der Waals surface area contributed by atoms with Crippen molar-refractivity contribution in [3.8, 4) is 0 Å². The lowest BCUT2D eigenvalue weighted by Gasteiger charge is -2.12. The van der Waals surface area contributed by atoms with E-state index in [1.54, 1.807) is 6.07 Å². The highest BCUT2D eigenvalue weighted by atomic mass is 35.5. The van der Waals surface area contributed by atoms with Crippen molar-refractivity contribution in [2.45, 2.75) is 0 Å². The van der Waals surface area contributed by atoms with Crippen LogP contribution in [0.15, 0.2) is 18.3 Å². The predicted molar refractivity (Wildman–Crippen MR) is 50.5 cm³/mol. The van der Waals surface area contributed by atoms with Gasteiger partial charge in [0.05, 0.1) is 5.30 Å². The molecule has 1 rings (SSSR count). The van der Waals surface area contributed by atoms with E-state index in [1.165, 1.54) is 26.5 Å². The Balaban J connectivity index is 3.13. The third kappa shape index (κ3) is 2.29. The molecule has 0 unspecified atom stereocenters. The van der Waals surface area contributed by atoms with Gasteiger partial charge in [-0.1, -0.05) is 11.6 Å². The molecule has 1 heterocycles. The number of aromatic nitrogens is 1. The van der Waals surface area contributed by atoms with Crippen LogP contribution in [0.2, 0.25) is 5.15 Å². The molecule has 0 saturated carbocycles. The quantitative estimate of drug-likeness (QED) is 0.577. The molecular weight excluding hydrogens is 213 g/mol. The van der Waals surface area contributed by atoms with Gasteiger partial charge in [0, 0.05) is 20.4 Å². The van der Waals surface area contributed by atoms with Crippen LogP contribution in [0.4, 0.5) is 0 Å². The Hall–Kier alpha value is -0.410. The van der Waals surface area contributed by atoms with E-state index in [0.717, 1.165) is 0 Å². The minimum atomic E-state index is -3.18.